The lowest BCUT2D eigenvalue weighted by atomic mass is 9.75. The van der Waals surface area contributed by atoms with Crippen LogP contribution in [0.25, 0.3) is 10.4 Å². The van der Waals surface area contributed by atoms with Gasteiger partial charge in [-0.15, -0.1) is 11.3 Å². The summed E-state index contributed by atoms with van der Waals surface area (Å²) in [6.07, 6.45) is 2.92. The van der Waals surface area contributed by atoms with Crippen LogP contribution in [0.4, 0.5) is 0 Å². The van der Waals surface area contributed by atoms with Crippen LogP contribution in [0.5, 0.6) is 0 Å². The minimum atomic E-state index is -0.813. The summed E-state index contributed by atoms with van der Waals surface area (Å²) in [7, 11) is 1.67. The van der Waals surface area contributed by atoms with Gasteiger partial charge in [-0.3, -0.25) is 0 Å². The SMILES string of the molecule is COCc1cccc(C)c1-c1sc2c(c1C(=O)O)CC(C)(C)CC2. The van der Waals surface area contributed by atoms with Crippen LogP contribution in [-0.4, -0.2) is 18.2 Å². The van der Waals surface area contributed by atoms with Crippen LogP contribution in [0.3, 0.4) is 0 Å². The van der Waals surface area contributed by atoms with Crippen LogP contribution in [0.2, 0.25) is 0 Å². The number of carboxylic acid groups (broad SMARTS) is 1. The van der Waals surface area contributed by atoms with Gasteiger partial charge in [0.05, 0.1) is 12.2 Å². The summed E-state index contributed by atoms with van der Waals surface area (Å²) in [6, 6.07) is 6.08. The molecule has 1 aromatic heterocycles. The standard InChI is InChI=1S/C20H24O3S/c1-12-6-5-7-13(11-23-4)16(12)18-17(19(21)22)14-10-20(2,3)9-8-15(14)24-18/h5-7H,8-11H2,1-4H3,(H,21,22). The fourth-order valence-corrected chi connectivity index (χ4v) is 5.11. The molecule has 0 saturated heterocycles. The zero-order chi connectivity index (χ0) is 17.5. The van der Waals surface area contributed by atoms with Gasteiger partial charge in [0.15, 0.2) is 0 Å². The van der Waals surface area contributed by atoms with Crippen molar-refractivity contribution in [1.82, 2.24) is 0 Å². The Hall–Kier alpha value is -1.65. The zero-order valence-electron chi connectivity index (χ0n) is 14.7. The minimum Gasteiger partial charge on any atom is -0.478 e. The molecule has 1 heterocycles. The molecule has 0 spiro atoms. The molecule has 0 bridgehead atoms. The number of hydrogen-bond donors (Lipinski definition) is 1. The number of ether oxygens (including phenoxy) is 1. The Kier molecular flexibility index (Phi) is 4.54. The molecule has 0 atom stereocenters. The quantitative estimate of drug-likeness (QED) is 0.841. The molecule has 0 amide bonds. The summed E-state index contributed by atoms with van der Waals surface area (Å²) in [5.74, 6) is -0.813. The Balaban J connectivity index is 2.24. The molecule has 1 aliphatic rings. The predicted molar refractivity (Wildman–Crippen MR) is 98.0 cm³/mol. The number of methoxy groups -OCH3 is 1. The average Bonchev–Trinajstić information content (AvgIpc) is 2.84. The van der Waals surface area contributed by atoms with E-state index >= 15 is 0 Å². The Morgan fingerprint density at radius 3 is 2.79 bits per heavy atom. The van der Waals surface area contributed by atoms with Crippen LogP contribution in [0.1, 0.15) is 52.2 Å². The molecule has 1 aliphatic carbocycles. The fraction of sp³-hybridized carbons (Fsp3) is 0.450. The highest BCUT2D eigenvalue weighted by Gasteiger charge is 2.33. The van der Waals surface area contributed by atoms with E-state index in [1.54, 1.807) is 18.4 Å². The van der Waals surface area contributed by atoms with Gasteiger partial charge in [0.25, 0.3) is 0 Å². The van der Waals surface area contributed by atoms with Gasteiger partial charge in [-0.05, 0) is 48.3 Å². The van der Waals surface area contributed by atoms with Crippen LogP contribution in [0.15, 0.2) is 18.2 Å². The summed E-state index contributed by atoms with van der Waals surface area (Å²) in [6.45, 7) is 6.99. The number of aryl methyl sites for hydroxylation is 2. The van der Waals surface area contributed by atoms with Crippen molar-refractivity contribution in [2.45, 2.75) is 46.6 Å². The maximum absolute atomic E-state index is 12.1. The molecule has 3 rings (SSSR count). The molecule has 3 nitrogen and oxygen atoms in total. The van der Waals surface area contributed by atoms with Crippen molar-refractivity contribution < 1.29 is 14.6 Å². The van der Waals surface area contributed by atoms with Crippen LogP contribution in [-0.2, 0) is 24.2 Å². The van der Waals surface area contributed by atoms with E-state index in [1.807, 2.05) is 25.1 Å². The lowest BCUT2D eigenvalue weighted by molar-refractivity contribution is 0.0696. The van der Waals surface area contributed by atoms with E-state index in [0.29, 0.717) is 12.2 Å². The van der Waals surface area contributed by atoms with Gasteiger partial charge in [-0.25, -0.2) is 4.79 Å². The highest BCUT2D eigenvalue weighted by atomic mass is 32.1. The number of carbonyl (C=O) groups is 1. The number of hydrogen-bond acceptors (Lipinski definition) is 3. The molecular weight excluding hydrogens is 320 g/mol. The highest BCUT2D eigenvalue weighted by Crippen LogP contribution is 2.46. The third-order valence-corrected chi connectivity index (χ3v) is 6.18. The maximum atomic E-state index is 12.1. The van der Waals surface area contributed by atoms with Crippen molar-refractivity contribution in [1.29, 1.82) is 0 Å². The first kappa shape index (κ1) is 17.2. The predicted octanol–water partition coefficient (Wildman–Crippen LogP) is 5.08. The van der Waals surface area contributed by atoms with E-state index in [-0.39, 0.29) is 5.41 Å². The second kappa shape index (κ2) is 6.34. The number of carboxylic acids is 1. The normalized spacial score (nSPS) is 16.0. The van der Waals surface area contributed by atoms with Gasteiger partial charge in [0.2, 0.25) is 0 Å². The highest BCUT2D eigenvalue weighted by molar-refractivity contribution is 7.16. The summed E-state index contributed by atoms with van der Waals surface area (Å²) in [5.41, 5.74) is 4.91. The first-order valence-electron chi connectivity index (χ1n) is 8.29. The Bertz CT molecular complexity index is 786. The zero-order valence-corrected chi connectivity index (χ0v) is 15.5. The molecule has 1 aromatic carbocycles. The van der Waals surface area contributed by atoms with E-state index < -0.39 is 5.97 Å². The second-order valence-electron chi connectivity index (χ2n) is 7.40. The van der Waals surface area contributed by atoms with Gasteiger partial charge in [-0.1, -0.05) is 32.0 Å². The minimum absolute atomic E-state index is 0.163. The van der Waals surface area contributed by atoms with Crippen molar-refractivity contribution in [3.05, 3.63) is 45.3 Å². The molecule has 128 valence electrons. The monoisotopic (exact) mass is 344 g/mol. The van der Waals surface area contributed by atoms with Crippen molar-refractivity contribution in [3.63, 3.8) is 0 Å². The topological polar surface area (TPSA) is 46.5 Å². The average molecular weight is 344 g/mol. The number of thiophene rings is 1. The molecule has 4 heteroatoms. The van der Waals surface area contributed by atoms with Crippen LogP contribution < -0.4 is 0 Å². The van der Waals surface area contributed by atoms with Crippen molar-refractivity contribution in [3.8, 4) is 10.4 Å². The van der Waals surface area contributed by atoms with Gasteiger partial charge in [0, 0.05) is 22.4 Å². The number of rotatable bonds is 4. The summed E-state index contributed by atoms with van der Waals surface area (Å²) >= 11 is 1.66. The molecule has 1 N–H and O–H groups in total. The number of fused-ring (bicyclic) bond motifs is 1. The van der Waals surface area contributed by atoms with E-state index in [0.717, 1.165) is 46.4 Å². The molecule has 0 fully saturated rings. The Morgan fingerprint density at radius 1 is 1.38 bits per heavy atom. The second-order valence-corrected chi connectivity index (χ2v) is 8.50. The first-order chi connectivity index (χ1) is 11.3. The third kappa shape index (κ3) is 3.01. The first-order valence-corrected chi connectivity index (χ1v) is 9.11. The van der Waals surface area contributed by atoms with Gasteiger partial charge in [0.1, 0.15) is 0 Å². The van der Waals surface area contributed by atoms with Crippen molar-refractivity contribution in [2.75, 3.05) is 7.11 Å². The van der Waals surface area contributed by atoms with Gasteiger partial charge >= 0.3 is 5.97 Å². The van der Waals surface area contributed by atoms with Crippen LogP contribution >= 0.6 is 11.3 Å². The fourth-order valence-electron chi connectivity index (χ4n) is 3.65. The molecule has 2 aromatic rings. The third-order valence-electron chi connectivity index (χ3n) is 4.87. The summed E-state index contributed by atoms with van der Waals surface area (Å²) in [4.78, 5) is 14.2. The molecule has 0 saturated carbocycles. The number of aromatic carboxylic acids is 1. The van der Waals surface area contributed by atoms with Crippen molar-refractivity contribution in [2.24, 2.45) is 5.41 Å². The maximum Gasteiger partial charge on any atom is 0.337 e. The van der Waals surface area contributed by atoms with Crippen molar-refractivity contribution >= 4 is 17.3 Å². The summed E-state index contributed by atoms with van der Waals surface area (Å²) < 4.78 is 5.34. The van der Waals surface area contributed by atoms with Gasteiger partial charge < -0.3 is 9.84 Å². The van der Waals surface area contributed by atoms with E-state index in [4.69, 9.17) is 4.74 Å². The number of benzene rings is 1. The molecule has 0 aliphatic heterocycles. The lowest BCUT2D eigenvalue weighted by Gasteiger charge is -2.29. The van der Waals surface area contributed by atoms with E-state index in [2.05, 4.69) is 13.8 Å². The smallest absolute Gasteiger partial charge is 0.337 e. The summed E-state index contributed by atoms with van der Waals surface area (Å²) in [5, 5.41) is 9.93. The molecule has 24 heavy (non-hydrogen) atoms. The van der Waals surface area contributed by atoms with Crippen LogP contribution in [0, 0.1) is 12.3 Å². The molecular formula is C20H24O3S. The lowest BCUT2D eigenvalue weighted by Crippen LogP contribution is -2.22. The largest absolute Gasteiger partial charge is 0.478 e. The molecule has 0 unspecified atom stereocenters. The van der Waals surface area contributed by atoms with E-state index in [1.165, 1.54) is 4.88 Å². The Labute approximate surface area is 147 Å². The molecule has 0 radical (unpaired) electrons. The van der Waals surface area contributed by atoms with E-state index in [9.17, 15) is 9.90 Å². The van der Waals surface area contributed by atoms with Gasteiger partial charge in [-0.2, -0.15) is 0 Å². The Morgan fingerprint density at radius 2 is 2.12 bits per heavy atom.